The van der Waals surface area contributed by atoms with Crippen molar-refractivity contribution in [3.8, 4) is 5.75 Å². The predicted octanol–water partition coefficient (Wildman–Crippen LogP) is 3.36. The number of rotatable bonds is 2. The van der Waals surface area contributed by atoms with Gasteiger partial charge in [-0.2, -0.15) is 13.2 Å². The number of ether oxygens (including phenoxy) is 1. The second-order valence-electron chi connectivity index (χ2n) is 4.76. The second kappa shape index (κ2) is 5.36. The molecule has 1 N–H and O–H groups in total. The average molecular weight is 277 g/mol. The second-order valence-corrected chi connectivity index (χ2v) is 4.76. The van der Waals surface area contributed by atoms with E-state index in [4.69, 9.17) is 4.74 Å². The monoisotopic (exact) mass is 277 g/mol. The molecule has 0 saturated carbocycles. The SMILES string of the molecule is CC1CC(Oc2ccc(F)c(C(F)(F)F)c2)CCN1. The summed E-state index contributed by atoms with van der Waals surface area (Å²) in [7, 11) is 0. The summed E-state index contributed by atoms with van der Waals surface area (Å²) in [6, 6.07) is 3.02. The Morgan fingerprint density at radius 3 is 2.68 bits per heavy atom. The molecule has 19 heavy (non-hydrogen) atoms. The van der Waals surface area contributed by atoms with Crippen molar-refractivity contribution in [1.82, 2.24) is 5.32 Å². The first-order valence-corrected chi connectivity index (χ1v) is 6.13. The van der Waals surface area contributed by atoms with E-state index in [0.717, 1.165) is 31.5 Å². The van der Waals surface area contributed by atoms with Crippen LogP contribution in [0.1, 0.15) is 25.3 Å². The zero-order valence-electron chi connectivity index (χ0n) is 10.4. The Labute approximate surface area is 108 Å². The summed E-state index contributed by atoms with van der Waals surface area (Å²) < 4.78 is 56.3. The smallest absolute Gasteiger partial charge is 0.419 e. The van der Waals surface area contributed by atoms with Crippen LogP contribution in [0.25, 0.3) is 0 Å². The van der Waals surface area contributed by atoms with Crippen molar-refractivity contribution in [1.29, 1.82) is 0 Å². The van der Waals surface area contributed by atoms with Gasteiger partial charge in [0.15, 0.2) is 0 Å². The van der Waals surface area contributed by atoms with Gasteiger partial charge in [0.1, 0.15) is 17.7 Å². The maximum Gasteiger partial charge on any atom is 0.419 e. The Hall–Kier alpha value is -1.30. The first-order chi connectivity index (χ1) is 8.86. The Morgan fingerprint density at radius 1 is 1.32 bits per heavy atom. The third-order valence-corrected chi connectivity index (χ3v) is 3.12. The molecule has 2 rings (SSSR count). The predicted molar refractivity (Wildman–Crippen MR) is 62.5 cm³/mol. The van der Waals surface area contributed by atoms with Crippen LogP contribution in [0, 0.1) is 5.82 Å². The van der Waals surface area contributed by atoms with E-state index in [1.165, 1.54) is 6.07 Å². The van der Waals surface area contributed by atoms with Crippen molar-refractivity contribution in [2.45, 2.75) is 38.1 Å². The zero-order valence-corrected chi connectivity index (χ0v) is 10.4. The lowest BCUT2D eigenvalue weighted by molar-refractivity contribution is -0.140. The molecule has 1 aliphatic heterocycles. The van der Waals surface area contributed by atoms with Gasteiger partial charge < -0.3 is 10.1 Å². The number of nitrogens with one attached hydrogen (secondary N) is 1. The summed E-state index contributed by atoms with van der Waals surface area (Å²) in [6.45, 7) is 2.75. The van der Waals surface area contributed by atoms with Crippen LogP contribution in [0.3, 0.4) is 0 Å². The van der Waals surface area contributed by atoms with Crippen molar-refractivity contribution in [3.63, 3.8) is 0 Å². The summed E-state index contributed by atoms with van der Waals surface area (Å²) in [5.74, 6) is -1.22. The Kier molecular flexibility index (Phi) is 3.99. The van der Waals surface area contributed by atoms with Gasteiger partial charge in [0, 0.05) is 6.04 Å². The molecule has 0 amide bonds. The van der Waals surface area contributed by atoms with E-state index in [1.54, 1.807) is 0 Å². The van der Waals surface area contributed by atoms with Crippen molar-refractivity contribution in [2.24, 2.45) is 0 Å². The number of alkyl halides is 3. The van der Waals surface area contributed by atoms with Crippen LogP contribution in [0.2, 0.25) is 0 Å². The molecule has 0 radical (unpaired) electrons. The number of hydrogen-bond donors (Lipinski definition) is 1. The van der Waals surface area contributed by atoms with Crippen LogP contribution in [-0.4, -0.2) is 18.7 Å². The number of hydrogen-bond acceptors (Lipinski definition) is 2. The molecule has 2 nitrogen and oxygen atoms in total. The standard InChI is InChI=1S/C13H15F4NO/c1-8-6-10(4-5-18-8)19-9-2-3-12(14)11(7-9)13(15,16)17/h2-3,7-8,10,18H,4-6H2,1H3. The lowest BCUT2D eigenvalue weighted by Crippen LogP contribution is -2.40. The Balaban J connectivity index is 2.13. The van der Waals surface area contributed by atoms with Gasteiger partial charge in [-0.25, -0.2) is 4.39 Å². The van der Waals surface area contributed by atoms with Crippen LogP contribution in [0.15, 0.2) is 18.2 Å². The molecule has 1 aromatic rings. The summed E-state index contributed by atoms with van der Waals surface area (Å²) in [4.78, 5) is 0. The first-order valence-electron chi connectivity index (χ1n) is 6.13. The molecule has 0 bridgehead atoms. The van der Waals surface area contributed by atoms with E-state index in [0.29, 0.717) is 0 Å². The van der Waals surface area contributed by atoms with Crippen molar-refractivity contribution in [2.75, 3.05) is 6.54 Å². The molecule has 1 heterocycles. The van der Waals surface area contributed by atoms with Crippen molar-refractivity contribution >= 4 is 0 Å². The van der Waals surface area contributed by atoms with Gasteiger partial charge in [0.25, 0.3) is 0 Å². The highest BCUT2D eigenvalue weighted by molar-refractivity contribution is 5.31. The Bertz CT molecular complexity index is 447. The third kappa shape index (κ3) is 3.59. The van der Waals surface area contributed by atoms with Gasteiger partial charge in [-0.15, -0.1) is 0 Å². The lowest BCUT2D eigenvalue weighted by atomic mass is 10.0. The molecule has 2 atom stereocenters. The van der Waals surface area contributed by atoms with Gasteiger partial charge in [-0.3, -0.25) is 0 Å². The Morgan fingerprint density at radius 2 is 2.05 bits per heavy atom. The fourth-order valence-corrected chi connectivity index (χ4v) is 2.18. The van der Waals surface area contributed by atoms with E-state index in [-0.39, 0.29) is 17.9 Å². The molecule has 2 unspecified atom stereocenters. The van der Waals surface area contributed by atoms with Crippen LogP contribution < -0.4 is 10.1 Å². The fraction of sp³-hybridized carbons (Fsp3) is 0.538. The molecule has 1 aliphatic rings. The summed E-state index contributed by atoms with van der Waals surface area (Å²) >= 11 is 0. The molecule has 0 aliphatic carbocycles. The van der Waals surface area contributed by atoms with Gasteiger partial charge in [0.2, 0.25) is 0 Å². The fourth-order valence-electron chi connectivity index (χ4n) is 2.18. The van der Waals surface area contributed by atoms with Crippen LogP contribution in [0.5, 0.6) is 5.75 Å². The molecule has 1 fully saturated rings. The van der Waals surface area contributed by atoms with E-state index < -0.39 is 17.6 Å². The molecule has 1 saturated heterocycles. The number of halogens is 4. The van der Waals surface area contributed by atoms with E-state index in [1.807, 2.05) is 6.92 Å². The van der Waals surface area contributed by atoms with Gasteiger partial charge in [-0.1, -0.05) is 0 Å². The summed E-state index contributed by atoms with van der Waals surface area (Å²) in [5, 5.41) is 3.22. The highest BCUT2D eigenvalue weighted by atomic mass is 19.4. The van der Waals surface area contributed by atoms with Crippen molar-refractivity contribution in [3.05, 3.63) is 29.6 Å². The van der Waals surface area contributed by atoms with Crippen LogP contribution >= 0.6 is 0 Å². The highest BCUT2D eigenvalue weighted by Crippen LogP contribution is 2.34. The molecular formula is C13H15F4NO. The maximum absolute atomic E-state index is 13.1. The molecule has 0 spiro atoms. The molecule has 106 valence electrons. The van der Waals surface area contributed by atoms with Gasteiger partial charge >= 0.3 is 6.18 Å². The van der Waals surface area contributed by atoms with Crippen LogP contribution in [-0.2, 0) is 6.18 Å². The van der Waals surface area contributed by atoms with Gasteiger partial charge in [-0.05, 0) is 44.5 Å². The molecular weight excluding hydrogens is 262 g/mol. The zero-order chi connectivity index (χ0) is 14.0. The van der Waals surface area contributed by atoms with E-state index >= 15 is 0 Å². The minimum Gasteiger partial charge on any atom is -0.490 e. The van der Waals surface area contributed by atoms with Crippen LogP contribution in [0.4, 0.5) is 17.6 Å². The molecule has 6 heteroatoms. The minimum atomic E-state index is -4.70. The van der Waals surface area contributed by atoms with E-state index in [2.05, 4.69) is 5.32 Å². The first kappa shape index (κ1) is 14.1. The number of benzene rings is 1. The summed E-state index contributed by atoms with van der Waals surface area (Å²) in [6.07, 6.45) is -3.39. The number of piperidine rings is 1. The largest absolute Gasteiger partial charge is 0.490 e. The third-order valence-electron chi connectivity index (χ3n) is 3.12. The molecule has 1 aromatic carbocycles. The average Bonchev–Trinajstić information content (AvgIpc) is 2.30. The quantitative estimate of drug-likeness (QED) is 0.837. The van der Waals surface area contributed by atoms with E-state index in [9.17, 15) is 17.6 Å². The minimum absolute atomic E-state index is 0.0628. The maximum atomic E-state index is 13.1. The lowest BCUT2D eigenvalue weighted by Gasteiger charge is -2.28. The highest BCUT2D eigenvalue weighted by Gasteiger charge is 2.34. The van der Waals surface area contributed by atoms with Crippen molar-refractivity contribution < 1.29 is 22.3 Å². The topological polar surface area (TPSA) is 21.3 Å². The molecule has 0 aromatic heterocycles. The normalized spacial score (nSPS) is 24.3. The summed E-state index contributed by atoms with van der Waals surface area (Å²) in [5.41, 5.74) is -1.29. The van der Waals surface area contributed by atoms with Gasteiger partial charge in [0.05, 0.1) is 5.56 Å².